The Morgan fingerprint density at radius 2 is 1.64 bits per heavy atom. The summed E-state index contributed by atoms with van der Waals surface area (Å²) < 4.78 is 28.5. The predicted octanol–water partition coefficient (Wildman–Crippen LogP) is 4.21. The molecule has 0 radical (unpaired) electrons. The quantitative estimate of drug-likeness (QED) is 0.284. The molecule has 0 aliphatic carbocycles. The molecule has 36 heavy (non-hydrogen) atoms. The first-order valence-electron chi connectivity index (χ1n) is 11.5. The molecule has 0 spiro atoms. The van der Waals surface area contributed by atoms with Gasteiger partial charge in [-0.3, -0.25) is 4.79 Å². The zero-order chi connectivity index (χ0) is 25.5. The van der Waals surface area contributed by atoms with Gasteiger partial charge in [-0.2, -0.15) is 10.1 Å². The van der Waals surface area contributed by atoms with Crippen molar-refractivity contribution < 1.29 is 23.5 Å². The van der Waals surface area contributed by atoms with Crippen LogP contribution in [0.3, 0.4) is 0 Å². The van der Waals surface area contributed by atoms with Crippen LogP contribution < -0.4 is 24.5 Å². The number of benzene rings is 2. The fraction of sp³-hybridized carbons (Fsp3) is 0.308. The highest BCUT2D eigenvalue weighted by molar-refractivity contribution is 5.66. The van der Waals surface area contributed by atoms with Crippen molar-refractivity contribution in [2.45, 2.75) is 26.3 Å². The molecule has 0 aliphatic rings. The first-order valence-corrected chi connectivity index (χ1v) is 11.5. The number of unbranched alkanes of at least 4 members (excludes halogenated alkanes) is 1. The Labute approximate surface area is 208 Å². The lowest BCUT2D eigenvalue weighted by atomic mass is 10.1. The van der Waals surface area contributed by atoms with E-state index in [0.717, 1.165) is 24.2 Å². The summed E-state index contributed by atoms with van der Waals surface area (Å²) in [6.07, 6.45) is 2.08. The Balaban J connectivity index is 1.55. The van der Waals surface area contributed by atoms with E-state index >= 15 is 0 Å². The monoisotopic (exact) mass is 492 g/mol. The lowest BCUT2D eigenvalue weighted by molar-refractivity contribution is 0.309. The Hall–Kier alpha value is -4.34. The van der Waals surface area contributed by atoms with Crippen molar-refractivity contribution in [2.24, 2.45) is 0 Å². The van der Waals surface area contributed by atoms with Crippen LogP contribution in [0.5, 0.6) is 23.0 Å². The predicted molar refractivity (Wildman–Crippen MR) is 133 cm³/mol. The smallest absolute Gasteiger partial charge is 0.267 e. The molecule has 0 atom stereocenters. The minimum Gasteiger partial charge on any atom is -0.494 e. The maximum Gasteiger partial charge on any atom is 0.267 e. The molecule has 188 valence electrons. The molecule has 0 aliphatic heterocycles. The highest BCUT2D eigenvalue weighted by Crippen LogP contribution is 2.40. The van der Waals surface area contributed by atoms with Crippen LogP contribution in [0.25, 0.3) is 22.6 Å². The standard InChI is InChI=1S/C26H28N4O6/c1-5-6-13-35-19-9-7-17(8-10-19)20-11-12-24(31)30(28-20)16-23-27-26(29-36-23)18-14-21(32-2)25(34-4)22(15-18)33-3/h7-12,14-15H,5-6,13,16H2,1-4H3. The van der Waals surface area contributed by atoms with E-state index in [-0.39, 0.29) is 18.0 Å². The summed E-state index contributed by atoms with van der Waals surface area (Å²) in [5.41, 5.74) is 1.81. The fourth-order valence-corrected chi connectivity index (χ4v) is 3.55. The maximum atomic E-state index is 12.5. The van der Waals surface area contributed by atoms with Crippen molar-refractivity contribution >= 4 is 0 Å². The molecule has 0 N–H and O–H groups in total. The number of hydrogen-bond acceptors (Lipinski definition) is 9. The topological polar surface area (TPSA) is 111 Å². The van der Waals surface area contributed by atoms with Gasteiger partial charge >= 0.3 is 0 Å². The normalized spacial score (nSPS) is 10.8. The van der Waals surface area contributed by atoms with E-state index < -0.39 is 0 Å². The van der Waals surface area contributed by atoms with Crippen LogP contribution in [-0.2, 0) is 6.54 Å². The summed E-state index contributed by atoms with van der Waals surface area (Å²) >= 11 is 0. The minimum atomic E-state index is -0.286. The van der Waals surface area contributed by atoms with Gasteiger partial charge in [0, 0.05) is 17.2 Å². The molecular weight excluding hydrogens is 464 g/mol. The highest BCUT2D eigenvalue weighted by Gasteiger charge is 2.18. The van der Waals surface area contributed by atoms with Crippen LogP contribution in [0.1, 0.15) is 25.7 Å². The zero-order valence-corrected chi connectivity index (χ0v) is 20.7. The van der Waals surface area contributed by atoms with Crippen molar-refractivity contribution in [3.8, 4) is 45.6 Å². The van der Waals surface area contributed by atoms with Crippen molar-refractivity contribution in [2.75, 3.05) is 27.9 Å². The average molecular weight is 493 g/mol. The third-order valence-electron chi connectivity index (χ3n) is 5.46. The van der Waals surface area contributed by atoms with Gasteiger partial charge in [-0.15, -0.1) is 0 Å². The second-order valence-electron chi connectivity index (χ2n) is 7.87. The van der Waals surface area contributed by atoms with Crippen molar-refractivity contribution in [1.29, 1.82) is 0 Å². The summed E-state index contributed by atoms with van der Waals surface area (Å²) in [6, 6.07) is 14.2. The van der Waals surface area contributed by atoms with Gasteiger partial charge in [-0.25, -0.2) is 4.68 Å². The van der Waals surface area contributed by atoms with Crippen LogP contribution in [0.2, 0.25) is 0 Å². The summed E-state index contributed by atoms with van der Waals surface area (Å²) in [7, 11) is 4.59. The van der Waals surface area contributed by atoms with E-state index in [1.807, 2.05) is 24.3 Å². The maximum absolute atomic E-state index is 12.5. The van der Waals surface area contributed by atoms with Gasteiger partial charge in [-0.05, 0) is 48.9 Å². The van der Waals surface area contributed by atoms with Crippen molar-refractivity contribution in [3.63, 3.8) is 0 Å². The molecule has 4 rings (SSSR count). The number of rotatable bonds is 11. The molecule has 10 nitrogen and oxygen atoms in total. The molecule has 0 saturated heterocycles. The summed E-state index contributed by atoms with van der Waals surface area (Å²) in [6.45, 7) is 2.82. The van der Waals surface area contributed by atoms with E-state index in [2.05, 4.69) is 22.2 Å². The first-order chi connectivity index (χ1) is 17.6. The summed E-state index contributed by atoms with van der Waals surface area (Å²) in [5.74, 6) is 2.72. The number of methoxy groups -OCH3 is 3. The molecule has 10 heteroatoms. The Bertz CT molecular complexity index is 1340. The molecule has 0 saturated carbocycles. The average Bonchev–Trinajstić information content (AvgIpc) is 3.38. The van der Waals surface area contributed by atoms with Gasteiger partial charge in [0.2, 0.25) is 17.5 Å². The second-order valence-corrected chi connectivity index (χ2v) is 7.87. The van der Waals surface area contributed by atoms with E-state index in [9.17, 15) is 4.79 Å². The van der Waals surface area contributed by atoms with Gasteiger partial charge < -0.3 is 23.5 Å². The van der Waals surface area contributed by atoms with Gasteiger partial charge in [0.1, 0.15) is 12.3 Å². The van der Waals surface area contributed by atoms with Gasteiger partial charge in [0.05, 0.1) is 33.6 Å². The third kappa shape index (κ3) is 5.48. The molecule has 2 heterocycles. The lowest BCUT2D eigenvalue weighted by Crippen LogP contribution is -2.23. The SMILES string of the molecule is CCCCOc1ccc(-c2ccc(=O)n(Cc3nc(-c4cc(OC)c(OC)c(OC)c4)no3)n2)cc1. The van der Waals surface area contributed by atoms with Crippen LogP contribution in [0.15, 0.2) is 57.8 Å². The molecule has 4 aromatic rings. The Kier molecular flexibility index (Phi) is 7.84. The summed E-state index contributed by atoms with van der Waals surface area (Å²) in [4.78, 5) is 16.9. The second kappa shape index (κ2) is 11.4. The zero-order valence-electron chi connectivity index (χ0n) is 20.7. The van der Waals surface area contributed by atoms with Gasteiger partial charge in [0.15, 0.2) is 11.5 Å². The minimum absolute atomic E-state index is 0.0162. The number of ether oxygens (including phenoxy) is 4. The molecule has 0 fully saturated rings. The number of nitrogens with zero attached hydrogens (tertiary/aromatic N) is 4. The van der Waals surface area contributed by atoms with E-state index in [1.54, 1.807) is 18.2 Å². The lowest BCUT2D eigenvalue weighted by Gasteiger charge is -2.12. The highest BCUT2D eigenvalue weighted by atomic mass is 16.5. The fourth-order valence-electron chi connectivity index (χ4n) is 3.55. The van der Waals surface area contributed by atoms with E-state index in [0.29, 0.717) is 40.9 Å². The largest absolute Gasteiger partial charge is 0.494 e. The van der Waals surface area contributed by atoms with Gasteiger partial charge in [0.25, 0.3) is 5.56 Å². The molecular formula is C26H28N4O6. The first kappa shape index (κ1) is 24.8. The number of aromatic nitrogens is 4. The Morgan fingerprint density at radius 3 is 2.28 bits per heavy atom. The molecule has 2 aromatic heterocycles. The number of hydrogen-bond donors (Lipinski definition) is 0. The molecule has 0 unspecified atom stereocenters. The molecule has 2 aromatic carbocycles. The molecule has 0 bridgehead atoms. The van der Waals surface area contributed by atoms with E-state index in [4.69, 9.17) is 23.5 Å². The van der Waals surface area contributed by atoms with Crippen LogP contribution in [-0.4, -0.2) is 47.9 Å². The molecule has 0 amide bonds. The Morgan fingerprint density at radius 1 is 0.917 bits per heavy atom. The van der Waals surface area contributed by atoms with Crippen molar-refractivity contribution in [1.82, 2.24) is 19.9 Å². The summed E-state index contributed by atoms with van der Waals surface area (Å²) in [5, 5.41) is 8.53. The van der Waals surface area contributed by atoms with Crippen LogP contribution >= 0.6 is 0 Å². The van der Waals surface area contributed by atoms with E-state index in [1.165, 1.54) is 32.1 Å². The van der Waals surface area contributed by atoms with Crippen LogP contribution in [0, 0.1) is 0 Å². The van der Waals surface area contributed by atoms with Crippen molar-refractivity contribution in [3.05, 3.63) is 64.8 Å². The van der Waals surface area contributed by atoms with Crippen LogP contribution in [0.4, 0.5) is 0 Å². The third-order valence-corrected chi connectivity index (χ3v) is 5.46. The van der Waals surface area contributed by atoms with Gasteiger partial charge in [-0.1, -0.05) is 18.5 Å².